The molecule has 0 fully saturated rings. The molecule has 0 saturated carbocycles. The molecule has 0 spiro atoms. The van der Waals surface area contributed by atoms with Crippen molar-refractivity contribution in [3.8, 4) is 5.75 Å². The minimum Gasteiger partial charge on any atom is -0.448 e. The highest BCUT2D eigenvalue weighted by Gasteiger charge is 2.36. The maximum Gasteiger partial charge on any atom is 0.308 e. The Balaban J connectivity index is 1.75. The molecule has 0 saturated heterocycles. The number of aryl methyl sites for hydroxylation is 1. The number of carbonyl (C=O) groups is 3. The summed E-state index contributed by atoms with van der Waals surface area (Å²) in [5, 5.41) is 7.79. The molecule has 1 aliphatic heterocycles. The summed E-state index contributed by atoms with van der Waals surface area (Å²) in [5.41, 5.74) is 1.89. The zero-order chi connectivity index (χ0) is 25.3. The van der Waals surface area contributed by atoms with Gasteiger partial charge in [-0.25, -0.2) is 0 Å². The number of hydrogen-bond donors (Lipinski definition) is 0. The number of amides is 2. The van der Waals surface area contributed by atoms with Gasteiger partial charge >= 0.3 is 5.97 Å². The smallest absolute Gasteiger partial charge is 0.308 e. The molecular formula is C26H24ClN3O5. The SMILES string of the molecule is CC(=O)Oc1ccc2ccccc2c1C1=NN(C(C)=O)[C@H](CN(C(C)=O)c2ccc(Cl)cc2C)O1. The first-order valence-corrected chi connectivity index (χ1v) is 11.3. The number of ether oxygens (including phenoxy) is 2. The van der Waals surface area contributed by atoms with Crippen molar-refractivity contribution in [2.45, 2.75) is 33.9 Å². The zero-order valence-corrected chi connectivity index (χ0v) is 20.5. The minimum atomic E-state index is -0.898. The minimum absolute atomic E-state index is 0.0258. The Labute approximate surface area is 207 Å². The van der Waals surface area contributed by atoms with Crippen LogP contribution in [0, 0.1) is 6.92 Å². The van der Waals surface area contributed by atoms with Crippen molar-refractivity contribution in [2.24, 2.45) is 5.10 Å². The molecule has 4 rings (SSSR count). The molecule has 0 bridgehead atoms. The Hall–Kier alpha value is -3.91. The summed E-state index contributed by atoms with van der Waals surface area (Å²) in [5.74, 6) is -0.718. The van der Waals surface area contributed by atoms with Gasteiger partial charge in [-0.05, 0) is 47.5 Å². The van der Waals surface area contributed by atoms with E-state index in [1.54, 1.807) is 24.3 Å². The van der Waals surface area contributed by atoms with E-state index in [2.05, 4.69) is 5.10 Å². The molecule has 0 aliphatic carbocycles. The molecular weight excluding hydrogens is 470 g/mol. The topological polar surface area (TPSA) is 88.5 Å². The van der Waals surface area contributed by atoms with E-state index in [-0.39, 0.29) is 30.0 Å². The van der Waals surface area contributed by atoms with Gasteiger partial charge in [-0.15, -0.1) is 5.10 Å². The number of nitrogens with zero attached hydrogens (tertiary/aromatic N) is 3. The van der Waals surface area contributed by atoms with Crippen molar-refractivity contribution in [1.82, 2.24) is 5.01 Å². The predicted octanol–water partition coefficient (Wildman–Crippen LogP) is 4.65. The standard InChI is InChI=1S/C26H24ClN3O5/c1-15-13-20(27)10-11-22(15)29(16(2)31)14-24-30(17(3)32)28-26(35-24)25-21-8-6-5-7-19(21)9-12-23(25)34-18(4)33/h5-13,24H,14H2,1-4H3/t24-/m0/s1. The second-order valence-electron chi connectivity index (χ2n) is 8.16. The van der Waals surface area contributed by atoms with E-state index in [0.29, 0.717) is 16.3 Å². The van der Waals surface area contributed by atoms with Crippen LogP contribution < -0.4 is 9.64 Å². The lowest BCUT2D eigenvalue weighted by Crippen LogP contribution is -2.44. The largest absolute Gasteiger partial charge is 0.448 e. The number of halogens is 1. The fourth-order valence-electron chi connectivity index (χ4n) is 4.05. The monoisotopic (exact) mass is 493 g/mol. The first-order valence-electron chi connectivity index (χ1n) is 11.0. The number of benzene rings is 3. The van der Waals surface area contributed by atoms with Gasteiger partial charge in [0.15, 0.2) is 0 Å². The third kappa shape index (κ3) is 4.97. The Kier molecular flexibility index (Phi) is 6.75. The number of fused-ring (bicyclic) bond motifs is 1. The van der Waals surface area contributed by atoms with Gasteiger partial charge in [-0.1, -0.05) is 41.9 Å². The van der Waals surface area contributed by atoms with Crippen LogP contribution in [-0.2, 0) is 19.1 Å². The molecule has 9 heteroatoms. The van der Waals surface area contributed by atoms with Gasteiger partial charge in [-0.2, -0.15) is 5.01 Å². The molecule has 1 heterocycles. The number of carbonyl (C=O) groups excluding carboxylic acids is 3. The second-order valence-corrected chi connectivity index (χ2v) is 8.59. The van der Waals surface area contributed by atoms with Crippen molar-refractivity contribution < 1.29 is 23.9 Å². The van der Waals surface area contributed by atoms with Crippen LogP contribution in [0.4, 0.5) is 5.69 Å². The number of rotatable bonds is 5. The first kappa shape index (κ1) is 24.2. The molecule has 3 aromatic carbocycles. The summed E-state index contributed by atoms with van der Waals surface area (Å²) in [6.07, 6.45) is -0.898. The van der Waals surface area contributed by atoms with Crippen LogP contribution >= 0.6 is 11.6 Å². The summed E-state index contributed by atoms with van der Waals surface area (Å²) in [4.78, 5) is 38.4. The van der Waals surface area contributed by atoms with E-state index in [4.69, 9.17) is 21.1 Å². The van der Waals surface area contributed by atoms with Gasteiger partial charge in [-0.3, -0.25) is 14.4 Å². The van der Waals surface area contributed by atoms with Crippen molar-refractivity contribution >= 4 is 51.7 Å². The third-order valence-corrected chi connectivity index (χ3v) is 5.80. The molecule has 0 unspecified atom stereocenters. The van der Waals surface area contributed by atoms with E-state index in [1.165, 1.54) is 30.7 Å². The van der Waals surface area contributed by atoms with Gasteiger partial charge in [0.1, 0.15) is 5.75 Å². The number of hydrazone groups is 1. The van der Waals surface area contributed by atoms with Crippen LogP contribution in [0.1, 0.15) is 31.9 Å². The molecule has 0 N–H and O–H groups in total. The van der Waals surface area contributed by atoms with E-state index < -0.39 is 12.2 Å². The molecule has 0 aromatic heterocycles. The number of anilines is 1. The third-order valence-electron chi connectivity index (χ3n) is 5.57. The van der Waals surface area contributed by atoms with Gasteiger partial charge in [0.25, 0.3) is 0 Å². The fraction of sp³-hybridized carbons (Fsp3) is 0.231. The normalized spacial score (nSPS) is 14.9. The molecule has 1 atom stereocenters. The lowest BCUT2D eigenvalue weighted by Gasteiger charge is -2.28. The maximum atomic E-state index is 12.6. The van der Waals surface area contributed by atoms with E-state index >= 15 is 0 Å². The van der Waals surface area contributed by atoms with Crippen LogP contribution in [0.15, 0.2) is 59.7 Å². The number of hydrogen-bond acceptors (Lipinski definition) is 6. The molecule has 8 nitrogen and oxygen atoms in total. The average molecular weight is 494 g/mol. The van der Waals surface area contributed by atoms with E-state index in [0.717, 1.165) is 16.3 Å². The zero-order valence-electron chi connectivity index (χ0n) is 19.7. The average Bonchev–Trinajstić information content (AvgIpc) is 3.21. The lowest BCUT2D eigenvalue weighted by molar-refractivity contribution is -0.135. The van der Waals surface area contributed by atoms with Crippen molar-refractivity contribution in [3.05, 3.63) is 70.7 Å². The highest BCUT2D eigenvalue weighted by Crippen LogP contribution is 2.33. The van der Waals surface area contributed by atoms with Crippen molar-refractivity contribution in [3.63, 3.8) is 0 Å². The second kappa shape index (κ2) is 9.76. The summed E-state index contributed by atoms with van der Waals surface area (Å²) in [6, 6.07) is 16.2. The van der Waals surface area contributed by atoms with Gasteiger partial charge in [0, 0.05) is 31.5 Å². The van der Waals surface area contributed by atoms with Crippen LogP contribution in [0.25, 0.3) is 10.8 Å². The Morgan fingerprint density at radius 2 is 1.83 bits per heavy atom. The van der Waals surface area contributed by atoms with E-state index in [9.17, 15) is 14.4 Å². The van der Waals surface area contributed by atoms with Crippen LogP contribution in [0.5, 0.6) is 5.75 Å². The molecule has 180 valence electrons. The van der Waals surface area contributed by atoms with Crippen LogP contribution in [0.3, 0.4) is 0 Å². The molecule has 35 heavy (non-hydrogen) atoms. The summed E-state index contributed by atoms with van der Waals surface area (Å²) >= 11 is 6.09. The lowest BCUT2D eigenvalue weighted by atomic mass is 10.0. The van der Waals surface area contributed by atoms with Gasteiger partial charge in [0.05, 0.1) is 12.1 Å². The Bertz CT molecular complexity index is 1370. The van der Waals surface area contributed by atoms with Crippen LogP contribution in [0.2, 0.25) is 5.02 Å². The first-order chi connectivity index (χ1) is 16.7. The van der Waals surface area contributed by atoms with E-state index in [1.807, 2.05) is 37.3 Å². The molecule has 1 aliphatic rings. The summed E-state index contributed by atoms with van der Waals surface area (Å²) in [6.45, 7) is 5.98. The molecule has 3 aromatic rings. The number of esters is 1. The Morgan fingerprint density at radius 1 is 1.09 bits per heavy atom. The molecule has 0 radical (unpaired) electrons. The summed E-state index contributed by atoms with van der Waals surface area (Å²) in [7, 11) is 0. The Morgan fingerprint density at radius 3 is 2.49 bits per heavy atom. The maximum absolute atomic E-state index is 12.6. The van der Waals surface area contributed by atoms with Crippen molar-refractivity contribution in [2.75, 3.05) is 11.4 Å². The van der Waals surface area contributed by atoms with Gasteiger partial charge < -0.3 is 14.4 Å². The molecule has 2 amide bonds. The highest BCUT2D eigenvalue weighted by atomic mass is 35.5. The quantitative estimate of drug-likeness (QED) is 0.381. The van der Waals surface area contributed by atoms with Gasteiger partial charge in [0.2, 0.25) is 23.9 Å². The van der Waals surface area contributed by atoms with Crippen LogP contribution in [-0.4, -0.2) is 41.5 Å². The van der Waals surface area contributed by atoms with Crippen molar-refractivity contribution in [1.29, 1.82) is 0 Å². The summed E-state index contributed by atoms with van der Waals surface area (Å²) < 4.78 is 11.6. The fourth-order valence-corrected chi connectivity index (χ4v) is 4.27. The predicted molar refractivity (Wildman–Crippen MR) is 133 cm³/mol. The highest BCUT2D eigenvalue weighted by molar-refractivity contribution is 6.30.